The fourth-order valence-corrected chi connectivity index (χ4v) is 2.72. The highest BCUT2D eigenvalue weighted by molar-refractivity contribution is 7.80. The maximum Gasteiger partial charge on any atom is 0.407 e. The molecule has 8 heteroatoms. The average molecular weight is 405 g/mol. The number of pyridine rings is 1. The first kappa shape index (κ1) is 20.9. The smallest absolute Gasteiger partial charge is 0.312 e. The molecule has 1 atom stereocenters. The normalized spacial score (nSPS) is 15.2. The van der Waals surface area contributed by atoms with E-state index < -0.39 is 12.2 Å². The molecule has 1 aromatic heterocycles. The second kappa shape index (κ2) is 8.97. The molecule has 1 N–H and O–H groups in total. The number of hydrogen-bond donors (Lipinski definition) is 2. The Hall–Kier alpha value is -1.44. The van der Waals surface area contributed by atoms with E-state index in [1.807, 2.05) is 12.3 Å². The Labute approximate surface area is 160 Å². The van der Waals surface area contributed by atoms with Crippen LogP contribution in [0.3, 0.4) is 0 Å². The van der Waals surface area contributed by atoms with Gasteiger partial charge in [-0.1, -0.05) is 30.7 Å². The number of nitrogens with zero attached hydrogens (tertiary/aromatic N) is 1. The molecule has 142 valence electrons. The van der Waals surface area contributed by atoms with Gasteiger partial charge >= 0.3 is 6.18 Å². The number of thiol groups is 1. The van der Waals surface area contributed by atoms with Crippen molar-refractivity contribution in [2.24, 2.45) is 0 Å². The van der Waals surface area contributed by atoms with Crippen molar-refractivity contribution < 1.29 is 13.2 Å². The zero-order valence-electron chi connectivity index (χ0n) is 14.1. The van der Waals surface area contributed by atoms with Gasteiger partial charge < -0.3 is 9.88 Å². The van der Waals surface area contributed by atoms with E-state index in [4.69, 9.17) is 11.6 Å². The largest absolute Gasteiger partial charge is 0.407 e. The van der Waals surface area contributed by atoms with Crippen LogP contribution in [0.1, 0.15) is 37.4 Å². The van der Waals surface area contributed by atoms with E-state index in [-0.39, 0.29) is 17.7 Å². The number of benzene rings is 1. The molecule has 26 heavy (non-hydrogen) atoms. The van der Waals surface area contributed by atoms with Crippen LogP contribution in [0, 0.1) is 0 Å². The minimum Gasteiger partial charge on any atom is -0.312 e. The summed E-state index contributed by atoms with van der Waals surface area (Å²) in [6.07, 6.45) is -0.177. The molecule has 0 radical (unpaired) electrons. The highest BCUT2D eigenvalue weighted by atomic mass is 35.5. The first-order valence-corrected chi connectivity index (χ1v) is 9.01. The third-order valence-electron chi connectivity index (χ3n) is 3.81. The third kappa shape index (κ3) is 6.07. The van der Waals surface area contributed by atoms with Crippen molar-refractivity contribution in [1.29, 1.82) is 0 Å². The molecule has 1 aliphatic rings. The van der Waals surface area contributed by atoms with E-state index in [9.17, 15) is 18.0 Å². The van der Waals surface area contributed by atoms with Crippen LogP contribution in [0.25, 0.3) is 0 Å². The van der Waals surface area contributed by atoms with Gasteiger partial charge in [0.2, 0.25) is 0 Å². The van der Waals surface area contributed by atoms with E-state index in [1.165, 1.54) is 24.3 Å². The van der Waals surface area contributed by atoms with E-state index in [0.29, 0.717) is 11.1 Å². The van der Waals surface area contributed by atoms with Gasteiger partial charge in [-0.2, -0.15) is 13.2 Å². The Bertz CT molecular complexity index is 773. The summed E-state index contributed by atoms with van der Waals surface area (Å²) < 4.78 is 39.6. The molecule has 1 aromatic carbocycles. The van der Waals surface area contributed by atoms with Gasteiger partial charge in [0.15, 0.2) is 0 Å². The van der Waals surface area contributed by atoms with Crippen LogP contribution in [-0.2, 0) is 0 Å². The molecule has 0 spiro atoms. The van der Waals surface area contributed by atoms with Gasteiger partial charge in [-0.05, 0) is 43.1 Å². The quantitative estimate of drug-likeness (QED) is 0.701. The second-order valence-corrected chi connectivity index (χ2v) is 6.90. The Morgan fingerprint density at radius 1 is 1.27 bits per heavy atom. The average Bonchev–Trinajstić information content (AvgIpc) is 3.38. The standard InChI is InChI=1S/C10H11ClF3N.C8H9NOS/c1-2-15-9(10(12,13)14)7-3-5-8(11)6-4-7;10-8-5-7(11)3-4-9(8)6-1-2-6/h3-6,9,15H,2H2,1H3;3-6,11H,1-2H2/t9-;/m1./s1. The minimum atomic E-state index is -4.29. The van der Waals surface area contributed by atoms with Gasteiger partial charge in [0.05, 0.1) is 0 Å². The van der Waals surface area contributed by atoms with E-state index >= 15 is 0 Å². The predicted octanol–water partition coefficient (Wildman–Crippen LogP) is 5.02. The Kier molecular flexibility index (Phi) is 7.20. The van der Waals surface area contributed by atoms with Crippen LogP contribution >= 0.6 is 24.2 Å². The Morgan fingerprint density at radius 2 is 1.88 bits per heavy atom. The fraction of sp³-hybridized carbons (Fsp3) is 0.389. The number of alkyl halides is 3. The maximum atomic E-state index is 12.6. The third-order valence-corrected chi connectivity index (χ3v) is 4.34. The summed E-state index contributed by atoms with van der Waals surface area (Å²) in [5.41, 5.74) is 0.244. The zero-order chi connectivity index (χ0) is 19.3. The number of hydrogen-bond acceptors (Lipinski definition) is 3. The summed E-state index contributed by atoms with van der Waals surface area (Å²) in [4.78, 5) is 12.0. The lowest BCUT2D eigenvalue weighted by atomic mass is 10.1. The fourth-order valence-electron chi connectivity index (χ4n) is 2.42. The van der Waals surface area contributed by atoms with Crippen molar-refractivity contribution in [3.05, 3.63) is 63.5 Å². The molecule has 1 heterocycles. The first-order chi connectivity index (χ1) is 12.2. The van der Waals surface area contributed by atoms with Crippen LogP contribution < -0.4 is 10.9 Å². The summed E-state index contributed by atoms with van der Waals surface area (Å²) in [5, 5.41) is 2.82. The van der Waals surface area contributed by atoms with Crippen molar-refractivity contribution in [2.75, 3.05) is 6.54 Å². The highest BCUT2D eigenvalue weighted by Gasteiger charge is 2.39. The second-order valence-electron chi connectivity index (χ2n) is 5.95. The molecule has 2 aromatic rings. The molecule has 0 saturated heterocycles. The van der Waals surface area contributed by atoms with Crippen LogP contribution in [0.5, 0.6) is 0 Å². The number of halogens is 4. The molecule has 0 aliphatic heterocycles. The van der Waals surface area contributed by atoms with Crippen molar-refractivity contribution in [2.45, 2.75) is 42.9 Å². The molecule has 1 aliphatic carbocycles. The maximum absolute atomic E-state index is 12.6. The monoisotopic (exact) mass is 404 g/mol. The lowest BCUT2D eigenvalue weighted by Crippen LogP contribution is -2.33. The lowest BCUT2D eigenvalue weighted by molar-refractivity contribution is -0.157. The molecule has 1 fully saturated rings. The molecule has 0 amide bonds. The van der Waals surface area contributed by atoms with Gasteiger partial charge in [0.25, 0.3) is 5.56 Å². The molecule has 0 bridgehead atoms. The summed E-state index contributed by atoms with van der Waals surface area (Å²) in [6, 6.07) is 7.91. The minimum absolute atomic E-state index is 0.0694. The van der Waals surface area contributed by atoms with Gasteiger partial charge in [-0.3, -0.25) is 4.79 Å². The molecule has 1 saturated carbocycles. The summed E-state index contributed by atoms with van der Waals surface area (Å²) >= 11 is 9.68. The van der Waals surface area contributed by atoms with Gasteiger partial charge in [0.1, 0.15) is 6.04 Å². The number of rotatable bonds is 4. The number of nitrogens with one attached hydrogen (secondary N) is 1. The SMILES string of the molecule is CCN[C@H](c1ccc(Cl)cc1)C(F)(F)F.O=c1cc(S)ccn1C1CC1. The summed E-state index contributed by atoms with van der Waals surface area (Å²) in [6.45, 7) is 1.89. The van der Waals surface area contributed by atoms with E-state index in [0.717, 1.165) is 17.7 Å². The molecular weight excluding hydrogens is 385 g/mol. The lowest BCUT2D eigenvalue weighted by Gasteiger charge is -2.21. The predicted molar refractivity (Wildman–Crippen MR) is 100 cm³/mol. The molecule has 3 nitrogen and oxygen atoms in total. The van der Waals surface area contributed by atoms with E-state index in [2.05, 4.69) is 17.9 Å². The first-order valence-electron chi connectivity index (χ1n) is 8.19. The van der Waals surface area contributed by atoms with Gasteiger partial charge in [-0.15, -0.1) is 12.6 Å². The van der Waals surface area contributed by atoms with Crippen LogP contribution in [-0.4, -0.2) is 17.3 Å². The van der Waals surface area contributed by atoms with Crippen LogP contribution in [0.15, 0.2) is 52.3 Å². The highest BCUT2D eigenvalue weighted by Crippen LogP contribution is 2.33. The van der Waals surface area contributed by atoms with Crippen molar-refractivity contribution in [3.63, 3.8) is 0 Å². The van der Waals surface area contributed by atoms with Crippen molar-refractivity contribution in [1.82, 2.24) is 9.88 Å². The Morgan fingerprint density at radius 3 is 2.35 bits per heavy atom. The van der Waals surface area contributed by atoms with Gasteiger partial charge in [-0.25, -0.2) is 0 Å². The topological polar surface area (TPSA) is 34.0 Å². The van der Waals surface area contributed by atoms with Crippen LogP contribution in [0.2, 0.25) is 5.02 Å². The van der Waals surface area contributed by atoms with Crippen LogP contribution in [0.4, 0.5) is 13.2 Å². The molecular formula is C18H20ClF3N2OS. The number of aromatic nitrogens is 1. The molecule has 0 unspecified atom stereocenters. The van der Waals surface area contributed by atoms with Gasteiger partial charge in [0, 0.05) is 28.2 Å². The Balaban J connectivity index is 0.000000195. The van der Waals surface area contributed by atoms with Crippen molar-refractivity contribution in [3.8, 4) is 0 Å². The summed E-state index contributed by atoms with van der Waals surface area (Å²) in [7, 11) is 0. The molecule has 3 rings (SSSR count). The van der Waals surface area contributed by atoms with E-state index in [1.54, 1.807) is 17.6 Å². The zero-order valence-corrected chi connectivity index (χ0v) is 15.8. The summed E-state index contributed by atoms with van der Waals surface area (Å²) in [5.74, 6) is 0. The van der Waals surface area contributed by atoms with Crippen molar-refractivity contribution >= 4 is 24.2 Å².